The topological polar surface area (TPSA) is 74.6 Å². The van der Waals surface area contributed by atoms with Crippen molar-refractivity contribution >= 4 is 23.4 Å². The minimum Gasteiger partial charge on any atom is -0.481 e. The average molecular weight is 269 g/mol. The summed E-state index contributed by atoms with van der Waals surface area (Å²) in [6.07, 6.45) is -0.550. The fraction of sp³-hybridized carbons (Fsp3) is 0.385. The molecule has 2 rings (SSSR count). The van der Waals surface area contributed by atoms with E-state index in [4.69, 9.17) is 16.7 Å². The van der Waals surface area contributed by atoms with E-state index >= 15 is 0 Å². The quantitative estimate of drug-likeness (QED) is 0.822. The number of hydrogen-bond donors (Lipinski definition) is 2. The lowest BCUT2D eigenvalue weighted by atomic mass is 9.94. The number of carboxylic acid groups (broad SMARTS) is 1. The molecule has 0 spiro atoms. The Morgan fingerprint density at radius 1 is 1.17 bits per heavy atom. The van der Waals surface area contributed by atoms with Crippen LogP contribution in [0.5, 0.6) is 0 Å². The number of benzene rings is 1. The number of rotatable bonds is 3. The van der Waals surface area contributed by atoms with Crippen LogP contribution in [0.1, 0.15) is 23.2 Å². The first-order valence-corrected chi connectivity index (χ1v) is 6.07. The molecule has 1 aliphatic rings. The summed E-state index contributed by atoms with van der Waals surface area (Å²) in [6.45, 7) is 0. The van der Waals surface area contributed by atoms with Gasteiger partial charge in [0.1, 0.15) is 0 Å². The molecule has 0 heterocycles. The van der Waals surface area contributed by atoms with Gasteiger partial charge in [-0.15, -0.1) is 0 Å². The third kappa shape index (κ3) is 2.54. The van der Waals surface area contributed by atoms with Crippen LogP contribution in [-0.4, -0.2) is 28.1 Å². The number of aliphatic hydroxyl groups is 1. The van der Waals surface area contributed by atoms with E-state index in [0.29, 0.717) is 10.6 Å². The standard InChI is InChI=1S/C13H13ClO4/c14-9-3-1-7(2-4-9)12(16)10-5-8(13(17)18)6-11(10)15/h1-4,8,10-11,15H,5-6H2,(H,17,18)/t8-,10-,11+/m1/s1. The highest BCUT2D eigenvalue weighted by atomic mass is 35.5. The Labute approximate surface area is 109 Å². The average Bonchev–Trinajstić information content (AvgIpc) is 2.71. The van der Waals surface area contributed by atoms with E-state index in [1.165, 1.54) is 0 Å². The van der Waals surface area contributed by atoms with Gasteiger partial charge in [-0.05, 0) is 37.1 Å². The maximum Gasteiger partial charge on any atom is 0.306 e. The Bertz CT molecular complexity index is 468. The first-order valence-electron chi connectivity index (χ1n) is 5.69. The van der Waals surface area contributed by atoms with Gasteiger partial charge >= 0.3 is 5.97 Å². The normalized spacial score (nSPS) is 27.1. The highest BCUT2D eigenvalue weighted by Crippen LogP contribution is 2.34. The summed E-state index contributed by atoms with van der Waals surface area (Å²) in [6, 6.07) is 6.38. The lowest BCUT2D eigenvalue weighted by Crippen LogP contribution is -2.22. The van der Waals surface area contributed by atoms with Crippen LogP contribution in [0.4, 0.5) is 0 Å². The number of carboxylic acids is 1. The number of Topliss-reactive ketones (excluding diaryl/α,β-unsaturated/α-hetero) is 1. The molecular weight excluding hydrogens is 256 g/mol. The second kappa shape index (κ2) is 5.08. The van der Waals surface area contributed by atoms with Gasteiger partial charge in [0.25, 0.3) is 0 Å². The number of ketones is 1. The van der Waals surface area contributed by atoms with Crippen LogP contribution in [0.25, 0.3) is 0 Å². The number of aliphatic hydroxyl groups excluding tert-OH is 1. The molecule has 1 aromatic rings. The molecule has 0 aliphatic heterocycles. The number of hydrogen-bond acceptors (Lipinski definition) is 3. The monoisotopic (exact) mass is 268 g/mol. The van der Waals surface area contributed by atoms with Crippen LogP contribution >= 0.6 is 11.6 Å². The van der Waals surface area contributed by atoms with Crippen LogP contribution in [0, 0.1) is 11.8 Å². The van der Waals surface area contributed by atoms with E-state index in [0.717, 1.165) is 0 Å². The number of halogens is 1. The number of carbonyl (C=O) groups is 2. The van der Waals surface area contributed by atoms with E-state index in [-0.39, 0.29) is 18.6 Å². The van der Waals surface area contributed by atoms with Gasteiger partial charge in [-0.25, -0.2) is 0 Å². The van der Waals surface area contributed by atoms with Crippen LogP contribution in [0.2, 0.25) is 5.02 Å². The second-order valence-corrected chi connectivity index (χ2v) is 4.99. The molecule has 5 heteroatoms. The van der Waals surface area contributed by atoms with Crippen LogP contribution in [0.15, 0.2) is 24.3 Å². The largest absolute Gasteiger partial charge is 0.481 e. The number of aliphatic carboxylic acids is 1. The van der Waals surface area contributed by atoms with Crippen molar-refractivity contribution in [3.8, 4) is 0 Å². The molecule has 0 saturated heterocycles. The van der Waals surface area contributed by atoms with Gasteiger partial charge in [0.15, 0.2) is 5.78 Å². The smallest absolute Gasteiger partial charge is 0.306 e. The minimum atomic E-state index is -0.958. The van der Waals surface area contributed by atoms with Crippen molar-refractivity contribution in [1.29, 1.82) is 0 Å². The fourth-order valence-electron chi connectivity index (χ4n) is 2.33. The van der Waals surface area contributed by atoms with E-state index < -0.39 is 23.9 Å². The zero-order valence-electron chi connectivity index (χ0n) is 9.54. The molecule has 1 fully saturated rings. The number of carbonyl (C=O) groups excluding carboxylic acids is 1. The molecule has 1 aliphatic carbocycles. The van der Waals surface area contributed by atoms with Crippen LogP contribution in [-0.2, 0) is 4.79 Å². The van der Waals surface area contributed by atoms with Gasteiger partial charge in [-0.2, -0.15) is 0 Å². The Kier molecular flexibility index (Phi) is 3.68. The predicted molar refractivity (Wildman–Crippen MR) is 65.6 cm³/mol. The highest BCUT2D eigenvalue weighted by Gasteiger charge is 2.40. The molecule has 1 aromatic carbocycles. The Morgan fingerprint density at radius 3 is 2.28 bits per heavy atom. The van der Waals surface area contributed by atoms with Gasteiger partial charge in [-0.3, -0.25) is 9.59 Å². The van der Waals surface area contributed by atoms with Crippen LogP contribution in [0.3, 0.4) is 0 Å². The molecular formula is C13H13ClO4. The fourth-order valence-corrected chi connectivity index (χ4v) is 2.45. The molecule has 0 aromatic heterocycles. The van der Waals surface area contributed by atoms with Crippen molar-refractivity contribution in [3.63, 3.8) is 0 Å². The van der Waals surface area contributed by atoms with E-state index in [1.807, 2.05) is 0 Å². The van der Waals surface area contributed by atoms with E-state index in [1.54, 1.807) is 24.3 Å². The molecule has 0 amide bonds. The summed E-state index contributed by atoms with van der Waals surface area (Å²) in [7, 11) is 0. The summed E-state index contributed by atoms with van der Waals surface area (Å²) < 4.78 is 0. The Hall–Kier alpha value is -1.39. The Morgan fingerprint density at radius 2 is 1.78 bits per heavy atom. The third-order valence-electron chi connectivity index (χ3n) is 3.34. The van der Waals surface area contributed by atoms with Crippen molar-refractivity contribution in [2.75, 3.05) is 0 Å². The zero-order valence-corrected chi connectivity index (χ0v) is 10.3. The SMILES string of the molecule is O=C(O)[C@H]1C[C@H](O)[C@H](C(=O)c2ccc(Cl)cc2)C1. The molecule has 0 bridgehead atoms. The maximum absolute atomic E-state index is 12.1. The van der Waals surface area contributed by atoms with Gasteiger partial charge in [0, 0.05) is 16.5 Å². The first-order chi connectivity index (χ1) is 8.49. The lowest BCUT2D eigenvalue weighted by Gasteiger charge is -2.12. The summed E-state index contributed by atoms with van der Waals surface area (Å²) in [4.78, 5) is 23.0. The van der Waals surface area contributed by atoms with Gasteiger partial charge in [0.05, 0.1) is 12.0 Å². The summed E-state index contributed by atoms with van der Waals surface area (Å²) >= 11 is 5.73. The molecule has 2 N–H and O–H groups in total. The summed E-state index contributed by atoms with van der Waals surface area (Å²) in [5, 5.41) is 19.2. The van der Waals surface area contributed by atoms with Crippen molar-refractivity contribution in [3.05, 3.63) is 34.9 Å². The van der Waals surface area contributed by atoms with Crippen molar-refractivity contribution in [2.45, 2.75) is 18.9 Å². The minimum absolute atomic E-state index is 0.138. The second-order valence-electron chi connectivity index (χ2n) is 4.55. The lowest BCUT2D eigenvalue weighted by molar-refractivity contribution is -0.141. The van der Waals surface area contributed by atoms with Crippen LogP contribution < -0.4 is 0 Å². The van der Waals surface area contributed by atoms with Gasteiger partial charge in [0.2, 0.25) is 0 Å². The zero-order chi connectivity index (χ0) is 13.3. The summed E-state index contributed by atoms with van der Waals surface area (Å²) in [5.41, 5.74) is 0.453. The molecule has 1 saturated carbocycles. The predicted octanol–water partition coefficient (Wildman–Crippen LogP) is 1.99. The molecule has 0 radical (unpaired) electrons. The molecule has 4 nitrogen and oxygen atoms in total. The van der Waals surface area contributed by atoms with E-state index in [9.17, 15) is 14.7 Å². The van der Waals surface area contributed by atoms with Gasteiger partial charge in [-0.1, -0.05) is 11.6 Å². The maximum atomic E-state index is 12.1. The van der Waals surface area contributed by atoms with Crippen molar-refractivity contribution < 1.29 is 19.8 Å². The highest BCUT2D eigenvalue weighted by molar-refractivity contribution is 6.30. The van der Waals surface area contributed by atoms with E-state index in [2.05, 4.69) is 0 Å². The van der Waals surface area contributed by atoms with Crippen molar-refractivity contribution in [1.82, 2.24) is 0 Å². The Balaban J connectivity index is 2.14. The summed E-state index contributed by atoms with van der Waals surface area (Å²) in [5.74, 6) is -2.45. The third-order valence-corrected chi connectivity index (χ3v) is 3.60. The molecule has 18 heavy (non-hydrogen) atoms. The molecule has 0 unspecified atom stereocenters. The first kappa shape index (κ1) is 13.1. The van der Waals surface area contributed by atoms with Gasteiger partial charge < -0.3 is 10.2 Å². The molecule has 96 valence electrons. The van der Waals surface area contributed by atoms with Crippen molar-refractivity contribution in [2.24, 2.45) is 11.8 Å². The molecule has 3 atom stereocenters.